The van der Waals surface area contributed by atoms with Gasteiger partial charge in [0.05, 0.1) is 0 Å². The average Bonchev–Trinajstić information content (AvgIpc) is 2.32. The first-order valence-corrected chi connectivity index (χ1v) is 4.90. The molecule has 1 saturated heterocycles. The maximum Gasteiger partial charge on any atom is 0.00772 e. The lowest BCUT2D eigenvalue weighted by atomic mass is 10.4. The minimum absolute atomic E-state index is 1.14. The molecule has 1 aliphatic rings. The summed E-state index contributed by atoms with van der Waals surface area (Å²) in [7, 11) is 0. The van der Waals surface area contributed by atoms with E-state index >= 15 is 0 Å². The van der Waals surface area contributed by atoms with Crippen LogP contribution in [0.25, 0.3) is 0 Å². The molecule has 0 unspecified atom stereocenters. The van der Waals surface area contributed by atoms with E-state index in [-0.39, 0.29) is 0 Å². The number of hydrogen-bond donors (Lipinski definition) is 4. The highest BCUT2D eigenvalue weighted by Gasteiger charge is 1.91. The number of nitrogens with two attached hydrogens (primary N) is 2. The minimum Gasteiger partial charge on any atom is -0.405 e. The summed E-state index contributed by atoms with van der Waals surface area (Å²) in [6, 6.07) is 0. The molecular weight excluding hydrogens is 176 g/mol. The highest BCUT2D eigenvalue weighted by molar-refractivity contribution is 4.67. The summed E-state index contributed by atoms with van der Waals surface area (Å²) < 4.78 is 0. The van der Waals surface area contributed by atoms with Gasteiger partial charge in [-0.2, -0.15) is 0 Å². The molecule has 14 heavy (non-hydrogen) atoms. The van der Waals surface area contributed by atoms with Crippen molar-refractivity contribution in [1.82, 2.24) is 10.6 Å². The normalized spacial score (nSPS) is 15.6. The van der Waals surface area contributed by atoms with Crippen LogP contribution in [-0.2, 0) is 0 Å². The Labute approximate surface area is 87.4 Å². The van der Waals surface area contributed by atoms with Crippen molar-refractivity contribution in [2.75, 3.05) is 26.2 Å². The first-order valence-electron chi connectivity index (χ1n) is 4.90. The Morgan fingerprint density at radius 2 is 1.00 bits per heavy atom. The predicted molar refractivity (Wildman–Crippen MR) is 63.7 cm³/mol. The lowest BCUT2D eigenvalue weighted by Crippen LogP contribution is -2.39. The Morgan fingerprint density at radius 1 is 0.786 bits per heavy atom. The van der Waals surface area contributed by atoms with Crippen LogP contribution in [-0.4, -0.2) is 26.2 Å². The Kier molecular flexibility index (Phi) is 19.8. The number of allylic oxidation sites excluding steroid dienone is 2. The van der Waals surface area contributed by atoms with Gasteiger partial charge in [0, 0.05) is 26.2 Å². The quantitative estimate of drug-likeness (QED) is 0.448. The predicted octanol–water partition coefficient (Wildman–Crippen LogP) is 0.137. The molecule has 0 aromatic heterocycles. The monoisotopic (exact) mass is 200 g/mol. The maximum atomic E-state index is 4.85. The molecule has 0 aromatic carbocycles. The summed E-state index contributed by atoms with van der Waals surface area (Å²) in [5.74, 6) is 0. The van der Waals surface area contributed by atoms with Crippen LogP contribution in [0.3, 0.4) is 0 Å². The van der Waals surface area contributed by atoms with E-state index in [1.54, 1.807) is 12.2 Å². The standard InChI is InChI=1S/C4H10N2.2C3H7N/c1-2-6-4-3-5-1;2*1-2-3-4/h5-6H,1-4H2;2*2-3H,4H2,1H3. The van der Waals surface area contributed by atoms with Gasteiger partial charge in [-0.05, 0) is 26.2 Å². The molecule has 4 heteroatoms. The van der Waals surface area contributed by atoms with Gasteiger partial charge in [0.1, 0.15) is 0 Å². The number of hydrogen-bond acceptors (Lipinski definition) is 4. The molecule has 1 rings (SSSR count). The summed E-state index contributed by atoms with van der Waals surface area (Å²) in [6.07, 6.45) is 6.56. The van der Waals surface area contributed by atoms with Crippen LogP contribution in [0.15, 0.2) is 24.6 Å². The molecule has 0 spiro atoms. The van der Waals surface area contributed by atoms with Gasteiger partial charge in [0.15, 0.2) is 0 Å². The van der Waals surface area contributed by atoms with Gasteiger partial charge in [-0.15, -0.1) is 0 Å². The number of piperazine rings is 1. The third kappa shape index (κ3) is 22.4. The van der Waals surface area contributed by atoms with Crippen molar-refractivity contribution in [3.8, 4) is 0 Å². The molecule has 1 fully saturated rings. The summed E-state index contributed by atoms with van der Waals surface area (Å²) in [5.41, 5.74) is 9.69. The second kappa shape index (κ2) is 17.9. The fourth-order valence-corrected chi connectivity index (χ4v) is 0.604. The van der Waals surface area contributed by atoms with E-state index in [9.17, 15) is 0 Å². The molecule has 0 aliphatic carbocycles. The molecule has 0 amide bonds. The van der Waals surface area contributed by atoms with Crippen LogP contribution in [0.5, 0.6) is 0 Å². The van der Waals surface area contributed by atoms with E-state index in [1.165, 1.54) is 12.4 Å². The zero-order valence-corrected chi connectivity index (χ0v) is 9.29. The van der Waals surface area contributed by atoms with Crippen molar-refractivity contribution < 1.29 is 0 Å². The van der Waals surface area contributed by atoms with Crippen LogP contribution in [0, 0.1) is 0 Å². The van der Waals surface area contributed by atoms with Crippen LogP contribution in [0.4, 0.5) is 0 Å². The van der Waals surface area contributed by atoms with Crippen LogP contribution < -0.4 is 22.1 Å². The zero-order chi connectivity index (χ0) is 11.1. The maximum absolute atomic E-state index is 4.85. The van der Waals surface area contributed by atoms with Gasteiger partial charge < -0.3 is 22.1 Å². The molecule has 0 bridgehead atoms. The van der Waals surface area contributed by atoms with Crippen molar-refractivity contribution in [3.05, 3.63) is 24.6 Å². The topological polar surface area (TPSA) is 76.1 Å². The molecule has 0 atom stereocenters. The smallest absolute Gasteiger partial charge is 0.00772 e. The van der Waals surface area contributed by atoms with E-state index in [4.69, 9.17) is 11.5 Å². The first-order chi connectivity index (χ1) is 6.83. The van der Waals surface area contributed by atoms with E-state index in [2.05, 4.69) is 10.6 Å². The lowest BCUT2D eigenvalue weighted by Gasteiger charge is -2.11. The fourth-order valence-electron chi connectivity index (χ4n) is 0.604. The third-order valence-electron chi connectivity index (χ3n) is 1.34. The Balaban J connectivity index is 0. The summed E-state index contributed by atoms with van der Waals surface area (Å²) in [5, 5.41) is 6.44. The van der Waals surface area contributed by atoms with Crippen molar-refractivity contribution in [1.29, 1.82) is 0 Å². The molecule has 84 valence electrons. The number of nitrogens with one attached hydrogen (secondary N) is 2. The summed E-state index contributed by atoms with van der Waals surface area (Å²) >= 11 is 0. The molecule has 0 radical (unpaired) electrons. The van der Waals surface area contributed by atoms with E-state index in [0.29, 0.717) is 0 Å². The van der Waals surface area contributed by atoms with Gasteiger partial charge in [0.25, 0.3) is 0 Å². The SMILES string of the molecule is C1CNCCN1.CC=CN.CC=CN. The van der Waals surface area contributed by atoms with Crippen molar-refractivity contribution >= 4 is 0 Å². The van der Waals surface area contributed by atoms with Crippen molar-refractivity contribution in [2.45, 2.75) is 13.8 Å². The van der Waals surface area contributed by atoms with Gasteiger partial charge in [-0.3, -0.25) is 0 Å². The molecule has 1 heterocycles. The largest absolute Gasteiger partial charge is 0.405 e. The first kappa shape index (κ1) is 15.5. The lowest BCUT2D eigenvalue weighted by molar-refractivity contribution is 0.534. The second-order valence-electron chi connectivity index (χ2n) is 2.55. The molecule has 6 N–H and O–H groups in total. The van der Waals surface area contributed by atoms with Gasteiger partial charge in [-0.1, -0.05) is 12.2 Å². The Morgan fingerprint density at radius 3 is 1.07 bits per heavy atom. The third-order valence-corrected chi connectivity index (χ3v) is 1.34. The summed E-state index contributed by atoms with van der Waals surface area (Å²) in [6.45, 7) is 8.31. The van der Waals surface area contributed by atoms with E-state index < -0.39 is 0 Å². The van der Waals surface area contributed by atoms with Crippen LogP contribution in [0.1, 0.15) is 13.8 Å². The number of rotatable bonds is 0. The molecule has 1 aliphatic heterocycles. The fraction of sp³-hybridized carbons (Fsp3) is 0.600. The van der Waals surface area contributed by atoms with Gasteiger partial charge in [0.2, 0.25) is 0 Å². The van der Waals surface area contributed by atoms with E-state index in [1.807, 2.05) is 13.8 Å². The van der Waals surface area contributed by atoms with Gasteiger partial charge >= 0.3 is 0 Å². The van der Waals surface area contributed by atoms with E-state index in [0.717, 1.165) is 26.2 Å². The highest BCUT2D eigenvalue weighted by atomic mass is 15.0. The molecule has 4 nitrogen and oxygen atoms in total. The second-order valence-corrected chi connectivity index (χ2v) is 2.55. The Hall–Kier alpha value is -1.00. The summed E-state index contributed by atoms with van der Waals surface area (Å²) in [4.78, 5) is 0. The van der Waals surface area contributed by atoms with Crippen molar-refractivity contribution in [2.24, 2.45) is 11.5 Å². The Bertz CT molecular complexity index is 98.6. The van der Waals surface area contributed by atoms with Gasteiger partial charge in [-0.25, -0.2) is 0 Å². The van der Waals surface area contributed by atoms with Crippen LogP contribution >= 0.6 is 0 Å². The van der Waals surface area contributed by atoms with Crippen LogP contribution in [0.2, 0.25) is 0 Å². The highest BCUT2D eigenvalue weighted by Crippen LogP contribution is 1.65. The molecule has 0 saturated carbocycles. The van der Waals surface area contributed by atoms with Crippen molar-refractivity contribution in [3.63, 3.8) is 0 Å². The molecular formula is C10H24N4. The minimum atomic E-state index is 1.14. The molecule has 0 aromatic rings. The zero-order valence-electron chi connectivity index (χ0n) is 9.29. The average molecular weight is 200 g/mol.